The van der Waals surface area contributed by atoms with Crippen LogP contribution in [0.15, 0.2) is 43.9 Å². The third kappa shape index (κ3) is 3.48. The van der Waals surface area contributed by atoms with Crippen LogP contribution < -0.4 is 0 Å². The first-order valence-corrected chi connectivity index (χ1v) is 7.30. The fraction of sp³-hybridized carbons (Fsp3) is 0.214. The van der Waals surface area contributed by atoms with E-state index in [0.717, 1.165) is 20.3 Å². The van der Waals surface area contributed by atoms with E-state index in [1.54, 1.807) is 18.2 Å². The molecule has 0 aliphatic carbocycles. The lowest BCUT2D eigenvalue weighted by molar-refractivity contribution is 0.0784. The number of carbonyl (C=O) groups is 1. The molecule has 19 heavy (non-hydrogen) atoms. The van der Waals surface area contributed by atoms with Crippen molar-refractivity contribution in [3.63, 3.8) is 0 Å². The normalized spacial score (nSPS) is 10.5. The van der Waals surface area contributed by atoms with Gasteiger partial charge in [0.05, 0.1) is 6.26 Å². The lowest BCUT2D eigenvalue weighted by atomic mass is 10.2. The minimum atomic E-state index is -0.0254. The maximum Gasteiger partial charge on any atom is 0.253 e. The molecule has 2 rings (SSSR count). The maximum absolute atomic E-state index is 12.3. The van der Waals surface area contributed by atoms with Crippen molar-refractivity contribution in [2.24, 2.45) is 0 Å². The Hall–Kier alpha value is -1.07. The molecule has 5 heteroatoms. The smallest absolute Gasteiger partial charge is 0.253 e. The summed E-state index contributed by atoms with van der Waals surface area (Å²) >= 11 is 6.77. The number of carbonyl (C=O) groups excluding carboxylic acids is 1. The molecule has 1 heterocycles. The predicted molar refractivity (Wildman–Crippen MR) is 81.1 cm³/mol. The standard InChI is InChI=1S/C14H13Br2NO2/c1-9-10(3-4-19-9)8-17(2)14(18)11-5-12(15)7-13(16)6-11/h3-7H,8H2,1-2H3. The fourth-order valence-corrected chi connectivity index (χ4v) is 3.09. The molecule has 0 aliphatic heterocycles. The summed E-state index contributed by atoms with van der Waals surface area (Å²) in [5.74, 6) is 0.817. The Kier molecular flexibility index (Phi) is 4.47. The highest BCUT2D eigenvalue weighted by Crippen LogP contribution is 2.21. The van der Waals surface area contributed by atoms with Gasteiger partial charge in [0.25, 0.3) is 5.91 Å². The van der Waals surface area contributed by atoms with E-state index in [1.807, 2.05) is 31.2 Å². The Morgan fingerprint density at radius 3 is 2.42 bits per heavy atom. The van der Waals surface area contributed by atoms with Crippen LogP contribution >= 0.6 is 31.9 Å². The lowest BCUT2D eigenvalue weighted by Gasteiger charge is -2.17. The van der Waals surface area contributed by atoms with Gasteiger partial charge in [0.1, 0.15) is 5.76 Å². The number of benzene rings is 1. The third-order valence-electron chi connectivity index (χ3n) is 2.83. The average Bonchev–Trinajstić information content (AvgIpc) is 2.72. The SMILES string of the molecule is Cc1occc1CN(C)C(=O)c1cc(Br)cc(Br)c1. The average molecular weight is 387 g/mol. The van der Waals surface area contributed by atoms with Crippen LogP contribution in [0.1, 0.15) is 21.7 Å². The second-order valence-electron chi connectivity index (χ2n) is 4.32. The first-order valence-electron chi connectivity index (χ1n) is 5.72. The van der Waals surface area contributed by atoms with Crippen molar-refractivity contribution < 1.29 is 9.21 Å². The van der Waals surface area contributed by atoms with Gasteiger partial charge in [-0.15, -0.1) is 0 Å². The fourth-order valence-electron chi connectivity index (χ4n) is 1.80. The van der Waals surface area contributed by atoms with Crippen molar-refractivity contribution in [3.8, 4) is 0 Å². The Bertz CT molecular complexity index is 587. The molecule has 1 aromatic carbocycles. The maximum atomic E-state index is 12.3. The zero-order valence-electron chi connectivity index (χ0n) is 10.6. The van der Waals surface area contributed by atoms with Gasteiger partial charge in [-0.1, -0.05) is 31.9 Å². The van der Waals surface area contributed by atoms with Crippen molar-refractivity contribution in [2.75, 3.05) is 7.05 Å². The van der Waals surface area contributed by atoms with Gasteiger partial charge in [0.15, 0.2) is 0 Å². The molecule has 0 N–H and O–H groups in total. The van der Waals surface area contributed by atoms with Gasteiger partial charge in [-0.3, -0.25) is 4.79 Å². The van der Waals surface area contributed by atoms with E-state index in [0.29, 0.717) is 12.1 Å². The zero-order chi connectivity index (χ0) is 14.0. The highest BCUT2D eigenvalue weighted by atomic mass is 79.9. The number of aryl methyl sites for hydroxylation is 1. The monoisotopic (exact) mass is 385 g/mol. The number of halogens is 2. The molecule has 2 aromatic rings. The molecule has 1 amide bonds. The molecule has 0 unspecified atom stereocenters. The first-order chi connectivity index (χ1) is 8.97. The quantitative estimate of drug-likeness (QED) is 0.783. The molecule has 0 spiro atoms. The summed E-state index contributed by atoms with van der Waals surface area (Å²) in [7, 11) is 1.78. The van der Waals surface area contributed by atoms with E-state index in [2.05, 4.69) is 31.9 Å². The van der Waals surface area contributed by atoms with Crippen molar-refractivity contribution in [1.29, 1.82) is 0 Å². The van der Waals surface area contributed by atoms with Crippen molar-refractivity contribution in [1.82, 2.24) is 4.90 Å². The second-order valence-corrected chi connectivity index (χ2v) is 6.15. The van der Waals surface area contributed by atoms with Gasteiger partial charge in [0.2, 0.25) is 0 Å². The molecule has 100 valence electrons. The van der Waals surface area contributed by atoms with Crippen LogP contribution in [-0.4, -0.2) is 17.9 Å². The van der Waals surface area contributed by atoms with Gasteiger partial charge in [0, 0.05) is 33.7 Å². The molecule has 0 saturated carbocycles. The van der Waals surface area contributed by atoms with Crippen molar-refractivity contribution in [2.45, 2.75) is 13.5 Å². The summed E-state index contributed by atoms with van der Waals surface area (Å²) in [5.41, 5.74) is 1.66. The minimum absolute atomic E-state index is 0.0254. The summed E-state index contributed by atoms with van der Waals surface area (Å²) < 4.78 is 6.98. The number of amides is 1. The minimum Gasteiger partial charge on any atom is -0.469 e. The van der Waals surface area contributed by atoms with Crippen molar-refractivity contribution in [3.05, 3.63) is 56.4 Å². The topological polar surface area (TPSA) is 33.5 Å². The third-order valence-corrected chi connectivity index (χ3v) is 3.75. The molecule has 0 atom stereocenters. The van der Waals surface area contributed by atoms with Crippen LogP contribution in [0.25, 0.3) is 0 Å². The number of hydrogen-bond acceptors (Lipinski definition) is 2. The van der Waals surface area contributed by atoms with E-state index in [4.69, 9.17) is 4.42 Å². The Labute approximate surface area is 128 Å². The molecule has 0 radical (unpaired) electrons. The highest BCUT2D eigenvalue weighted by molar-refractivity contribution is 9.11. The van der Waals surface area contributed by atoms with Crippen LogP contribution in [0.2, 0.25) is 0 Å². The van der Waals surface area contributed by atoms with Crippen LogP contribution in [0, 0.1) is 6.92 Å². The Morgan fingerprint density at radius 1 is 1.26 bits per heavy atom. The molecular weight excluding hydrogens is 374 g/mol. The zero-order valence-corrected chi connectivity index (χ0v) is 13.8. The number of hydrogen-bond donors (Lipinski definition) is 0. The van der Waals surface area contributed by atoms with Crippen LogP contribution in [0.3, 0.4) is 0 Å². The summed E-state index contributed by atoms with van der Waals surface area (Å²) in [6.45, 7) is 2.43. The summed E-state index contributed by atoms with van der Waals surface area (Å²) in [6, 6.07) is 7.41. The molecule has 0 bridgehead atoms. The molecule has 0 saturated heterocycles. The van der Waals surface area contributed by atoms with Gasteiger partial charge < -0.3 is 9.32 Å². The molecule has 1 aromatic heterocycles. The summed E-state index contributed by atoms with van der Waals surface area (Å²) in [6.07, 6.45) is 1.64. The van der Waals surface area contributed by atoms with E-state index in [-0.39, 0.29) is 5.91 Å². The van der Waals surface area contributed by atoms with E-state index >= 15 is 0 Å². The molecule has 0 aliphatic rings. The largest absolute Gasteiger partial charge is 0.469 e. The van der Waals surface area contributed by atoms with E-state index < -0.39 is 0 Å². The Balaban J connectivity index is 2.17. The highest BCUT2D eigenvalue weighted by Gasteiger charge is 2.14. The summed E-state index contributed by atoms with van der Waals surface area (Å²) in [4.78, 5) is 14.0. The van der Waals surface area contributed by atoms with Gasteiger partial charge >= 0.3 is 0 Å². The molecular formula is C14H13Br2NO2. The van der Waals surface area contributed by atoms with E-state index in [9.17, 15) is 4.79 Å². The Morgan fingerprint density at radius 2 is 1.89 bits per heavy atom. The molecule has 3 nitrogen and oxygen atoms in total. The summed E-state index contributed by atoms with van der Waals surface area (Å²) in [5, 5.41) is 0. The number of rotatable bonds is 3. The number of furan rings is 1. The molecule has 0 fully saturated rings. The van der Waals surface area contributed by atoms with Gasteiger partial charge in [-0.05, 0) is 31.2 Å². The van der Waals surface area contributed by atoms with Gasteiger partial charge in [-0.25, -0.2) is 0 Å². The van der Waals surface area contributed by atoms with Crippen LogP contribution in [-0.2, 0) is 6.54 Å². The predicted octanol–water partition coefficient (Wildman–Crippen LogP) is 4.39. The lowest BCUT2D eigenvalue weighted by Crippen LogP contribution is -2.26. The number of nitrogens with zero attached hydrogens (tertiary/aromatic N) is 1. The van der Waals surface area contributed by atoms with Crippen molar-refractivity contribution >= 4 is 37.8 Å². The second kappa shape index (κ2) is 5.92. The van der Waals surface area contributed by atoms with Crippen LogP contribution in [0.4, 0.5) is 0 Å². The van der Waals surface area contributed by atoms with Gasteiger partial charge in [-0.2, -0.15) is 0 Å². The van der Waals surface area contributed by atoms with Crippen LogP contribution in [0.5, 0.6) is 0 Å². The first kappa shape index (κ1) is 14.3. The van der Waals surface area contributed by atoms with E-state index in [1.165, 1.54) is 0 Å².